The zero-order valence-corrected chi connectivity index (χ0v) is 12.2. The molecular weight excluding hydrogens is 347 g/mol. The molecule has 1 heterocycles. The van der Waals surface area contributed by atoms with Gasteiger partial charge in [-0.15, -0.1) is 0 Å². The first-order valence-corrected chi connectivity index (χ1v) is 6.93. The highest BCUT2D eigenvalue weighted by Crippen LogP contribution is 2.30. The Balaban J connectivity index is 1.93. The van der Waals surface area contributed by atoms with Crippen LogP contribution in [0.2, 0.25) is 0 Å². The molecule has 6 heteroatoms. The molecule has 108 valence electrons. The molecule has 21 heavy (non-hydrogen) atoms. The van der Waals surface area contributed by atoms with E-state index in [1.54, 1.807) is 12.1 Å². The predicted octanol–water partition coefficient (Wildman–Crippen LogP) is 5.20. The first kappa shape index (κ1) is 14.1. The number of oxazole rings is 1. The van der Waals surface area contributed by atoms with Crippen molar-refractivity contribution >= 4 is 27.0 Å². The summed E-state index contributed by atoms with van der Waals surface area (Å²) in [6, 6.07) is 10.6. The van der Waals surface area contributed by atoms with Crippen LogP contribution < -0.4 is 0 Å². The number of nitrogens with zero attached hydrogens (tertiary/aromatic N) is 1. The third-order valence-electron chi connectivity index (χ3n) is 3.02. The van der Waals surface area contributed by atoms with Crippen LogP contribution in [0, 0.1) is 0 Å². The van der Waals surface area contributed by atoms with Crippen LogP contribution >= 0.6 is 15.9 Å². The number of hydrogen-bond donors (Lipinski definition) is 0. The standard InChI is InChI=1S/C15H9BrF3NO/c16-11-5-2-6-12-14(11)21-13(20-12)8-9-3-1-4-10(7-9)15(17,18)19/h1-7H,8H2. The number of hydrogen-bond acceptors (Lipinski definition) is 2. The lowest BCUT2D eigenvalue weighted by atomic mass is 10.1. The molecule has 0 radical (unpaired) electrons. The van der Waals surface area contributed by atoms with Crippen LogP contribution in [0.4, 0.5) is 13.2 Å². The predicted molar refractivity (Wildman–Crippen MR) is 76.0 cm³/mol. The summed E-state index contributed by atoms with van der Waals surface area (Å²) < 4.78 is 44.4. The first-order valence-electron chi connectivity index (χ1n) is 6.13. The number of halogens is 4. The van der Waals surface area contributed by atoms with Crippen molar-refractivity contribution in [3.8, 4) is 0 Å². The van der Waals surface area contributed by atoms with Gasteiger partial charge in [0.05, 0.1) is 10.0 Å². The van der Waals surface area contributed by atoms with E-state index in [-0.39, 0.29) is 6.42 Å². The third kappa shape index (κ3) is 2.95. The lowest BCUT2D eigenvalue weighted by Gasteiger charge is -2.07. The average Bonchev–Trinajstić information content (AvgIpc) is 2.82. The van der Waals surface area contributed by atoms with Crippen molar-refractivity contribution in [3.05, 3.63) is 64.0 Å². The van der Waals surface area contributed by atoms with E-state index < -0.39 is 11.7 Å². The highest BCUT2D eigenvalue weighted by Gasteiger charge is 2.30. The average molecular weight is 356 g/mol. The maximum absolute atomic E-state index is 12.7. The fraction of sp³-hybridized carbons (Fsp3) is 0.133. The van der Waals surface area contributed by atoms with Gasteiger partial charge in [-0.2, -0.15) is 13.2 Å². The maximum Gasteiger partial charge on any atom is 0.416 e. The minimum Gasteiger partial charge on any atom is -0.439 e. The molecule has 0 N–H and O–H groups in total. The van der Waals surface area contributed by atoms with Gasteiger partial charge in [0.15, 0.2) is 11.5 Å². The topological polar surface area (TPSA) is 26.0 Å². The Hall–Kier alpha value is -1.82. The van der Waals surface area contributed by atoms with Crippen molar-refractivity contribution in [2.45, 2.75) is 12.6 Å². The van der Waals surface area contributed by atoms with Gasteiger partial charge in [-0.3, -0.25) is 0 Å². The Morgan fingerprint density at radius 3 is 2.57 bits per heavy atom. The molecule has 0 spiro atoms. The molecule has 0 saturated carbocycles. The van der Waals surface area contributed by atoms with Crippen LogP contribution in [0.3, 0.4) is 0 Å². The summed E-state index contributed by atoms with van der Waals surface area (Å²) in [6.45, 7) is 0. The molecule has 2 nitrogen and oxygen atoms in total. The quantitative estimate of drug-likeness (QED) is 0.631. The van der Waals surface area contributed by atoms with Gasteiger partial charge < -0.3 is 4.42 Å². The number of aromatic nitrogens is 1. The molecule has 0 fully saturated rings. The zero-order chi connectivity index (χ0) is 15.0. The normalized spacial score (nSPS) is 12.0. The van der Waals surface area contributed by atoms with Crippen LogP contribution in [0.5, 0.6) is 0 Å². The Labute approximate surface area is 126 Å². The third-order valence-corrected chi connectivity index (χ3v) is 3.65. The van der Waals surface area contributed by atoms with Gasteiger partial charge in [0.1, 0.15) is 5.52 Å². The van der Waals surface area contributed by atoms with Crippen LogP contribution in [0.25, 0.3) is 11.1 Å². The number of rotatable bonds is 2. The van der Waals surface area contributed by atoms with Gasteiger partial charge in [0.2, 0.25) is 0 Å². The fourth-order valence-corrected chi connectivity index (χ4v) is 2.51. The summed E-state index contributed by atoms with van der Waals surface area (Å²) in [6.07, 6.45) is -4.13. The molecule has 0 aliphatic heterocycles. The second-order valence-corrected chi connectivity index (χ2v) is 5.42. The van der Waals surface area contributed by atoms with Gasteiger partial charge in [-0.25, -0.2) is 4.98 Å². The van der Waals surface area contributed by atoms with Gasteiger partial charge in [-0.05, 0) is 39.7 Å². The highest BCUT2D eigenvalue weighted by molar-refractivity contribution is 9.10. The van der Waals surface area contributed by atoms with E-state index in [0.29, 0.717) is 22.6 Å². The van der Waals surface area contributed by atoms with Crippen molar-refractivity contribution in [1.82, 2.24) is 4.98 Å². The molecule has 0 unspecified atom stereocenters. The molecule has 0 aliphatic rings. The summed E-state index contributed by atoms with van der Waals surface area (Å²) in [5, 5.41) is 0. The first-order chi connectivity index (χ1) is 9.93. The van der Waals surface area contributed by atoms with Crippen LogP contribution in [-0.2, 0) is 12.6 Å². The summed E-state index contributed by atoms with van der Waals surface area (Å²) in [4.78, 5) is 4.28. The van der Waals surface area contributed by atoms with Crippen molar-refractivity contribution in [2.75, 3.05) is 0 Å². The van der Waals surface area contributed by atoms with E-state index >= 15 is 0 Å². The van der Waals surface area contributed by atoms with Crippen molar-refractivity contribution < 1.29 is 17.6 Å². The van der Waals surface area contributed by atoms with Gasteiger partial charge in [0, 0.05) is 6.42 Å². The van der Waals surface area contributed by atoms with Crippen molar-refractivity contribution in [3.63, 3.8) is 0 Å². The second kappa shape index (κ2) is 5.18. The smallest absolute Gasteiger partial charge is 0.416 e. The number of fused-ring (bicyclic) bond motifs is 1. The van der Waals surface area contributed by atoms with Crippen molar-refractivity contribution in [1.29, 1.82) is 0 Å². The second-order valence-electron chi connectivity index (χ2n) is 4.57. The van der Waals surface area contributed by atoms with Crippen LogP contribution in [0.15, 0.2) is 51.4 Å². The Bertz CT molecular complexity index is 795. The Kier molecular flexibility index (Phi) is 3.49. The van der Waals surface area contributed by atoms with E-state index in [2.05, 4.69) is 20.9 Å². The van der Waals surface area contributed by atoms with Gasteiger partial charge in [-0.1, -0.05) is 24.3 Å². The summed E-state index contributed by atoms with van der Waals surface area (Å²) >= 11 is 3.35. The lowest BCUT2D eigenvalue weighted by Crippen LogP contribution is -2.05. The monoisotopic (exact) mass is 355 g/mol. The lowest BCUT2D eigenvalue weighted by molar-refractivity contribution is -0.137. The van der Waals surface area contributed by atoms with Gasteiger partial charge >= 0.3 is 6.18 Å². The molecular formula is C15H9BrF3NO. The molecule has 0 amide bonds. The van der Waals surface area contributed by atoms with E-state index in [1.165, 1.54) is 6.07 Å². The SMILES string of the molecule is FC(F)(F)c1cccc(Cc2nc3cccc(Br)c3o2)c1. The molecule has 0 atom stereocenters. The summed E-state index contributed by atoms with van der Waals surface area (Å²) in [5.74, 6) is 0.385. The van der Waals surface area contributed by atoms with E-state index in [1.807, 2.05) is 12.1 Å². The minimum atomic E-state index is -4.35. The molecule has 0 saturated heterocycles. The Morgan fingerprint density at radius 1 is 1.10 bits per heavy atom. The van der Waals surface area contributed by atoms with Crippen LogP contribution in [-0.4, -0.2) is 4.98 Å². The number of alkyl halides is 3. The molecule has 0 bridgehead atoms. The molecule has 2 aromatic carbocycles. The maximum atomic E-state index is 12.7. The molecule has 3 rings (SSSR count). The number of para-hydroxylation sites is 1. The van der Waals surface area contributed by atoms with E-state index in [9.17, 15) is 13.2 Å². The zero-order valence-electron chi connectivity index (χ0n) is 10.6. The van der Waals surface area contributed by atoms with Gasteiger partial charge in [0.25, 0.3) is 0 Å². The number of benzene rings is 2. The van der Waals surface area contributed by atoms with E-state index in [4.69, 9.17) is 4.42 Å². The fourth-order valence-electron chi connectivity index (χ4n) is 2.07. The summed E-state index contributed by atoms with van der Waals surface area (Å²) in [5.41, 5.74) is 1.11. The van der Waals surface area contributed by atoms with Crippen molar-refractivity contribution in [2.24, 2.45) is 0 Å². The minimum absolute atomic E-state index is 0.213. The Morgan fingerprint density at radius 2 is 1.86 bits per heavy atom. The highest BCUT2D eigenvalue weighted by atomic mass is 79.9. The van der Waals surface area contributed by atoms with E-state index in [0.717, 1.165) is 16.6 Å². The molecule has 1 aromatic heterocycles. The molecule has 0 aliphatic carbocycles. The molecule has 3 aromatic rings. The summed E-state index contributed by atoms with van der Waals surface area (Å²) in [7, 11) is 0. The largest absolute Gasteiger partial charge is 0.439 e. The van der Waals surface area contributed by atoms with Crippen LogP contribution in [0.1, 0.15) is 17.0 Å².